The van der Waals surface area contributed by atoms with Gasteiger partial charge in [0, 0.05) is 29.4 Å². The number of carbonyl (C=O) groups is 1. The van der Waals surface area contributed by atoms with E-state index in [9.17, 15) is 9.18 Å². The maximum atomic E-state index is 14.0. The molecule has 1 saturated heterocycles. The van der Waals surface area contributed by atoms with Crippen LogP contribution in [0.15, 0.2) is 90.0 Å². The lowest BCUT2D eigenvalue weighted by molar-refractivity contribution is -0.122. The fraction of sp³-hybridized carbons (Fsp3) is 0.265. The summed E-state index contributed by atoms with van der Waals surface area (Å²) in [4.78, 5) is 15.7. The van der Waals surface area contributed by atoms with Gasteiger partial charge in [-0.2, -0.15) is 5.10 Å². The number of rotatable bonds is 13. The largest absolute Gasteiger partial charge is 0.489 e. The van der Waals surface area contributed by atoms with Crippen molar-refractivity contribution in [3.8, 4) is 22.7 Å². The molecule has 0 unspecified atom stereocenters. The molecule has 4 aromatic rings. The van der Waals surface area contributed by atoms with E-state index in [0.717, 1.165) is 35.3 Å². The minimum Gasteiger partial charge on any atom is -0.489 e. The molecule has 0 saturated carbocycles. The van der Waals surface area contributed by atoms with Crippen LogP contribution in [0.5, 0.6) is 5.75 Å². The van der Waals surface area contributed by atoms with E-state index < -0.39 is 0 Å². The molecule has 0 bridgehead atoms. The third-order valence-electron chi connectivity index (χ3n) is 7.14. The molecule has 1 aliphatic heterocycles. The van der Waals surface area contributed by atoms with E-state index in [1.54, 1.807) is 23.1 Å². The first-order chi connectivity index (χ1) is 20.5. The van der Waals surface area contributed by atoms with Crippen LogP contribution in [0, 0.1) is 5.82 Å². The van der Waals surface area contributed by atoms with E-state index in [0.29, 0.717) is 27.1 Å². The first kappa shape index (κ1) is 29.7. The molecule has 1 fully saturated rings. The first-order valence-electron chi connectivity index (χ1n) is 14.4. The summed E-state index contributed by atoms with van der Waals surface area (Å²) in [6.07, 6.45) is 10.8. The quantitative estimate of drug-likeness (QED) is 0.0873. The highest BCUT2D eigenvalue weighted by molar-refractivity contribution is 8.26. The predicted molar refractivity (Wildman–Crippen MR) is 173 cm³/mol. The van der Waals surface area contributed by atoms with Crippen LogP contribution in [0.1, 0.15) is 56.6 Å². The van der Waals surface area contributed by atoms with Gasteiger partial charge in [0.15, 0.2) is 0 Å². The smallest absolute Gasteiger partial charge is 0.266 e. The number of benzene rings is 3. The second-order valence-electron chi connectivity index (χ2n) is 10.2. The standard InChI is InChI=1S/C34H34FN3O2S2/c1-2-3-4-5-6-12-21-37-33(39)31(42-34(37)41)22-27-23-38(28-14-8-7-9-15-28)36-32(27)25-17-19-29(20-18-25)40-24-26-13-10-11-16-30(26)35/h7-11,13-20,22-23H,2-6,12,21,24H2,1H3/b31-22-. The van der Waals surface area contributed by atoms with Crippen LogP contribution >= 0.6 is 24.0 Å². The van der Waals surface area contributed by atoms with E-state index in [4.69, 9.17) is 22.1 Å². The fourth-order valence-electron chi connectivity index (χ4n) is 4.80. The summed E-state index contributed by atoms with van der Waals surface area (Å²) in [6.45, 7) is 3.00. The lowest BCUT2D eigenvalue weighted by atomic mass is 10.1. The zero-order chi connectivity index (χ0) is 29.3. The van der Waals surface area contributed by atoms with Crippen molar-refractivity contribution < 1.29 is 13.9 Å². The van der Waals surface area contributed by atoms with Gasteiger partial charge in [-0.1, -0.05) is 99.4 Å². The number of hydrogen-bond donors (Lipinski definition) is 0. The van der Waals surface area contributed by atoms with Gasteiger partial charge in [-0.3, -0.25) is 9.69 Å². The van der Waals surface area contributed by atoms with Gasteiger partial charge in [0.2, 0.25) is 0 Å². The van der Waals surface area contributed by atoms with Crippen LogP contribution in [0.4, 0.5) is 4.39 Å². The monoisotopic (exact) mass is 599 g/mol. The number of carbonyl (C=O) groups excluding carboxylic acids is 1. The van der Waals surface area contributed by atoms with Crippen LogP contribution in [0.2, 0.25) is 0 Å². The molecule has 0 radical (unpaired) electrons. The third kappa shape index (κ3) is 7.36. The highest BCUT2D eigenvalue weighted by Gasteiger charge is 2.32. The second-order valence-corrected chi connectivity index (χ2v) is 11.9. The van der Waals surface area contributed by atoms with Crippen molar-refractivity contribution >= 4 is 40.3 Å². The summed E-state index contributed by atoms with van der Waals surface area (Å²) >= 11 is 6.94. The number of unbranched alkanes of at least 4 members (excludes halogenated alkanes) is 5. The molecule has 1 aliphatic rings. The van der Waals surface area contributed by atoms with Crippen molar-refractivity contribution in [1.82, 2.24) is 14.7 Å². The van der Waals surface area contributed by atoms with Crippen LogP contribution < -0.4 is 4.74 Å². The Hall–Kier alpha value is -3.75. The second kappa shape index (κ2) is 14.4. The number of thioether (sulfide) groups is 1. The molecule has 0 aliphatic carbocycles. The Bertz CT molecular complexity index is 1550. The van der Waals surface area contributed by atoms with Crippen molar-refractivity contribution in [1.29, 1.82) is 0 Å². The normalized spacial score (nSPS) is 14.2. The summed E-state index contributed by atoms with van der Waals surface area (Å²) in [5.41, 5.74) is 3.84. The molecular weight excluding hydrogens is 566 g/mol. The van der Waals surface area contributed by atoms with Crippen LogP contribution in [0.25, 0.3) is 23.0 Å². The molecule has 42 heavy (non-hydrogen) atoms. The molecule has 2 heterocycles. The highest BCUT2D eigenvalue weighted by atomic mass is 32.2. The molecule has 1 aromatic heterocycles. The Kier molecular flexibility index (Phi) is 10.2. The summed E-state index contributed by atoms with van der Waals surface area (Å²) in [5, 5.41) is 4.89. The van der Waals surface area contributed by atoms with Gasteiger partial charge in [-0.05, 0) is 55.0 Å². The van der Waals surface area contributed by atoms with Gasteiger partial charge in [-0.25, -0.2) is 9.07 Å². The van der Waals surface area contributed by atoms with Crippen molar-refractivity contribution in [2.24, 2.45) is 0 Å². The number of para-hydroxylation sites is 1. The number of ether oxygens (including phenoxy) is 1. The summed E-state index contributed by atoms with van der Waals surface area (Å²) in [7, 11) is 0. The van der Waals surface area contributed by atoms with Gasteiger partial charge < -0.3 is 4.74 Å². The Morgan fingerprint density at radius 1 is 0.929 bits per heavy atom. The van der Waals surface area contributed by atoms with E-state index in [-0.39, 0.29) is 18.3 Å². The SMILES string of the molecule is CCCCCCCCN1C(=O)/C(=C/c2cn(-c3ccccc3)nc2-c2ccc(OCc3ccccc3F)cc2)SC1=S. The van der Waals surface area contributed by atoms with Gasteiger partial charge in [0.25, 0.3) is 5.91 Å². The number of aromatic nitrogens is 2. The van der Waals surface area contributed by atoms with Crippen LogP contribution in [-0.2, 0) is 11.4 Å². The molecule has 0 atom stereocenters. The molecule has 216 valence electrons. The van der Waals surface area contributed by atoms with Crippen molar-refractivity contribution in [2.45, 2.75) is 52.1 Å². The van der Waals surface area contributed by atoms with Gasteiger partial charge >= 0.3 is 0 Å². The highest BCUT2D eigenvalue weighted by Crippen LogP contribution is 2.35. The topological polar surface area (TPSA) is 47.4 Å². The fourth-order valence-corrected chi connectivity index (χ4v) is 6.10. The van der Waals surface area contributed by atoms with Crippen molar-refractivity contribution in [3.05, 3.63) is 107 Å². The summed E-state index contributed by atoms with van der Waals surface area (Å²) in [5.74, 6) is 0.290. The maximum Gasteiger partial charge on any atom is 0.266 e. The first-order valence-corrected chi connectivity index (χ1v) is 15.6. The number of hydrogen-bond acceptors (Lipinski definition) is 5. The zero-order valence-corrected chi connectivity index (χ0v) is 25.3. The Balaban J connectivity index is 1.35. The Morgan fingerprint density at radius 3 is 2.40 bits per heavy atom. The third-order valence-corrected chi connectivity index (χ3v) is 8.52. The van der Waals surface area contributed by atoms with Gasteiger partial charge in [0.05, 0.1) is 16.3 Å². The molecule has 8 heteroatoms. The number of halogens is 1. The Labute approximate surface area is 256 Å². The van der Waals surface area contributed by atoms with Gasteiger partial charge in [-0.15, -0.1) is 0 Å². The molecule has 1 amide bonds. The van der Waals surface area contributed by atoms with E-state index >= 15 is 0 Å². The van der Waals surface area contributed by atoms with Crippen molar-refractivity contribution in [2.75, 3.05) is 6.54 Å². The molecular formula is C34H34FN3O2S2. The summed E-state index contributed by atoms with van der Waals surface area (Å²) < 4.78 is 22.2. The van der Waals surface area contributed by atoms with Gasteiger partial charge in [0.1, 0.15) is 22.5 Å². The molecule has 3 aromatic carbocycles. The number of amides is 1. The summed E-state index contributed by atoms with van der Waals surface area (Å²) in [6, 6.07) is 24.0. The maximum absolute atomic E-state index is 14.0. The molecule has 0 N–H and O–H groups in total. The van der Waals surface area contributed by atoms with Crippen molar-refractivity contribution in [3.63, 3.8) is 0 Å². The molecule has 0 spiro atoms. The molecule has 5 rings (SSSR count). The number of thiocarbonyl (C=S) groups is 1. The lowest BCUT2D eigenvalue weighted by Gasteiger charge is -2.14. The predicted octanol–water partition coefficient (Wildman–Crippen LogP) is 8.82. The van der Waals surface area contributed by atoms with Crippen LogP contribution in [-0.4, -0.2) is 31.5 Å². The van der Waals surface area contributed by atoms with Crippen LogP contribution in [0.3, 0.4) is 0 Å². The minimum absolute atomic E-state index is 0.0474. The Morgan fingerprint density at radius 2 is 1.64 bits per heavy atom. The average molecular weight is 600 g/mol. The number of nitrogens with zero attached hydrogens (tertiary/aromatic N) is 3. The minimum atomic E-state index is -0.289. The zero-order valence-electron chi connectivity index (χ0n) is 23.7. The van der Waals surface area contributed by atoms with E-state index in [1.807, 2.05) is 71.6 Å². The van der Waals surface area contributed by atoms with E-state index in [1.165, 1.54) is 43.5 Å². The molecule has 5 nitrogen and oxygen atoms in total. The average Bonchev–Trinajstić information content (AvgIpc) is 3.55. The lowest BCUT2D eigenvalue weighted by Crippen LogP contribution is -2.29. The van der Waals surface area contributed by atoms with E-state index in [2.05, 4.69) is 6.92 Å².